The minimum Gasteiger partial charge on any atom is -0.463 e. The molecule has 30 heavy (non-hydrogen) atoms. The molecule has 1 aliphatic heterocycles. The molecule has 1 fully saturated rings. The number of piperazine rings is 1. The minimum absolute atomic E-state index is 0.416. The number of hydrogen-bond donors (Lipinski definition) is 0. The Bertz CT molecular complexity index is 1120. The van der Waals surface area contributed by atoms with Crippen molar-refractivity contribution in [1.82, 2.24) is 14.5 Å². The molecule has 5 rings (SSSR count). The summed E-state index contributed by atoms with van der Waals surface area (Å²) >= 11 is 0. The zero-order valence-electron chi connectivity index (χ0n) is 16.7. The van der Waals surface area contributed by atoms with Crippen LogP contribution in [0, 0.1) is 0 Å². The van der Waals surface area contributed by atoms with Gasteiger partial charge in [-0.15, -0.1) is 10.2 Å². The number of furan rings is 1. The predicted octanol–water partition coefficient (Wildman–Crippen LogP) is 3.13. The normalized spacial score (nSPS) is 17.7. The first-order valence-corrected chi connectivity index (χ1v) is 11.8. The van der Waals surface area contributed by atoms with Crippen molar-refractivity contribution in [1.29, 1.82) is 0 Å². The van der Waals surface area contributed by atoms with E-state index in [0.717, 1.165) is 25.1 Å². The molecule has 0 amide bonds. The van der Waals surface area contributed by atoms with Crippen molar-refractivity contribution in [2.45, 2.75) is 30.6 Å². The maximum atomic E-state index is 13.2. The molecule has 1 saturated heterocycles. The molecular weight excluding hydrogens is 400 g/mol. The van der Waals surface area contributed by atoms with Gasteiger partial charge in [0.2, 0.25) is 10.0 Å². The third-order valence-electron chi connectivity index (χ3n) is 5.94. The average molecular weight is 425 g/mol. The number of fused-ring (bicyclic) bond motifs is 1. The lowest BCUT2D eigenvalue weighted by Gasteiger charge is -2.34. The fraction of sp³-hybridized carbons (Fsp3) is 0.364. The van der Waals surface area contributed by atoms with Gasteiger partial charge in [-0.1, -0.05) is 6.07 Å². The van der Waals surface area contributed by atoms with Gasteiger partial charge in [0.1, 0.15) is 5.69 Å². The number of benzene rings is 1. The van der Waals surface area contributed by atoms with Crippen molar-refractivity contribution in [2.75, 3.05) is 31.1 Å². The van der Waals surface area contributed by atoms with Gasteiger partial charge >= 0.3 is 0 Å². The van der Waals surface area contributed by atoms with E-state index in [1.165, 1.54) is 17.5 Å². The van der Waals surface area contributed by atoms with Crippen LogP contribution in [-0.4, -0.2) is 49.1 Å². The van der Waals surface area contributed by atoms with Crippen LogP contribution in [0.25, 0.3) is 11.5 Å². The number of aromatic nitrogens is 2. The van der Waals surface area contributed by atoms with E-state index in [1.54, 1.807) is 16.6 Å². The van der Waals surface area contributed by atoms with Crippen molar-refractivity contribution < 1.29 is 12.8 Å². The van der Waals surface area contributed by atoms with Crippen LogP contribution in [0.4, 0.5) is 5.82 Å². The van der Waals surface area contributed by atoms with Crippen LogP contribution in [0.3, 0.4) is 0 Å². The topological polar surface area (TPSA) is 79.5 Å². The van der Waals surface area contributed by atoms with E-state index in [9.17, 15) is 8.42 Å². The lowest BCUT2D eigenvalue weighted by molar-refractivity contribution is 0.383. The fourth-order valence-electron chi connectivity index (χ4n) is 4.23. The fourth-order valence-corrected chi connectivity index (χ4v) is 5.70. The Morgan fingerprint density at radius 3 is 2.37 bits per heavy atom. The van der Waals surface area contributed by atoms with E-state index >= 15 is 0 Å². The number of hydrogen-bond acceptors (Lipinski definition) is 6. The molecule has 7 nitrogen and oxygen atoms in total. The number of sulfonamides is 1. The highest BCUT2D eigenvalue weighted by atomic mass is 32.2. The second-order valence-corrected chi connectivity index (χ2v) is 9.72. The molecular formula is C22H24N4O3S. The molecule has 3 heterocycles. The van der Waals surface area contributed by atoms with Crippen LogP contribution in [0.1, 0.15) is 24.0 Å². The van der Waals surface area contributed by atoms with Gasteiger partial charge in [0, 0.05) is 26.2 Å². The van der Waals surface area contributed by atoms with Gasteiger partial charge in [0.15, 0.2) is 11.6 Å². The molecule has 2 aliphatic rings. The molecule has 1 aliphatic carbocycles. The van der Waals surface area contributed by atoms with Gasteiger partial charge in [0.25, 0.3) is 0 Å². The molecule has 0 saturated carbocycles. The van der Waals surface area contributed by atoms with Gasteiger partial charge in [-0.05, 0) is 73.2 Å². The summed E-state index contributed by atoms with van der Waals surface area (Å²) in [6.45, 7) is 2.03. The number of rotatable bonds is 4. The van der Waals surface area contributed by atoms with E-state index in [2.05, 4.69) is 15.1 Å². The lowest BCUT2D eigenvalue weighted by atomic mass is 9.92. The Kier molecular flexibility index (Phi) is 5.04. The Morgan fingerprint density at radius 2 is 1.67 bits per heavy atom. The quantitative estimate of drug-likeness (QED) is 0.640. The van der Waals surface area contributed by atoms with Gasteiger partial charge in [-0.2, -0.15) is 4.31 Å². The summed E-state index contributed by atoms with van der Waals surface area (Å²) in [7, 11) is -3.48. The van der Waals surface area contributed by atoms with Crippen LogP contribution in [0.5, 0.6) is 0 Å². The van der Waals surface area contributed by atoms with E-state index in [-0.39, 0.29) is 0 Å². The smallest absolute Gasteiger partial charge is 0.243 e. The third-order valence-corrected chi connectivity index (χ3v) is 7.84. The summed E-state index contributed by atoms with van der Waals surface area (Å²) in [4.78, 5) is 2.48. The molecule has 3 aromatic rings. The number of aryl methyl sites for hydroxylation is 2. The molecule has 2 aromatic heterocycles. The molecule has 0 spiro atoms. The first-order chi connectivity index (χ1) is 14.6. The van der Waals surface area contributed by atoms with Crippen molar-refractivity contribution in [3.8, 4) is 11.5 Å². The van der Waals surface area contributed by atoms with Crippen LogP contribution in [-0.2, 0) is 22.9 Å². The second-order valence-electron chi connectivity index (χ2n) is 7.78. The van der Waals surface area contributed by atoms with Gasteiger partial charge < -0.3 is 9.32 Å². The van der Waals surface area contributed by atoms with Gasteiger partial charge in [-0.25, -0.2) is 8.42 Å². The summed E-state index contributed by atoms with van der Waals surface area (Å²) in [6, 6.07) is 13.1. The van der Waals surface area contributed by atoms with Gasteiger partial charge in [0.05, 0.1) is 11.2 Å². The Hall–Kier alpha value is -2.71. The van der Waals surface area contributed by atoms with Crippen molar-refractivity contribution in [2.24, 2.45) is 0 Å². The van der Waals surface area contributed by atoms with Crippen LogP contribution in [0.2, 0.25) is 0 Å². The summed E-state index contributed by atoms with van der Waals surface area (Å²) in [5, 5.41) is 8.54. The molecule has 8 heteroatoms. The lowest BCUT2D eigenvalue weighted by Crippen LogP contribution is -2.49. The van der Waals surface area contributed by atoms with Gasteiger partial charge in [-0.3, -0.25) is 0 Å². The highest BCUT2D eigenvalue weighted by Crippen LogP contribution is 2.27. The molecule has 1 aromatic carbocycles. The SMILES string of the molecule is O=S(=O)(c1ccc2c(c1)CCCC2)N1CCN(c2ccc(-c3ccco3)nn2)CC1. The maximum Gasteiger partial charge on any atom is 0.243 e. The summed E-state index contributed by atoms with van der Waals surface area (Å²) in [6.07, 6.45) is 5.95. The zero-order chi connectivity index (χ0) is 20.6. The Balaban J connectivity index is 1.27. The summed E-state index contributed by atoms with van der Waals surface area (Å²) in [5.41, 5.74) is 3.16. The average Bonchev–Trinajstić information content (AvgIpc) is 3.34. The predicted molar refractivity (Wildman–Crippen MR) is 114 cm³/mol. The molecule has 0 atom stereocenters. The van der Waals surface area contributed by atoms with Crippen molar-refractivity contribution >= 4 is 15.8 Å². The molecule has 0 unspecified atom stereocenters. The molecule has 0 radical (unpaired) electrons. The van der Waals surface area contributed by atoms with Crippen molar-refractivity contribution in [3.05, 3.63) is 59.9 Å². The minimum atomic E-state index is -3.48. The van der Waals surface area contributed by atoms with Crippen LogP contribution in [0.15, 0.2) is 58.0 Å². The number of nitrogens with zero attached hydrogens (tertiary/aromatic N) is 4. The van der Waals surface area contributed by atoms with E-state index in [4.69, 9.17) is 4.42 Å². The van der Waals surface area contributed by atoms with E-state index in [0.29, 0.717) is 42.5 Å². The molecule has 0 bridgehead atoms. The van der Waals surface area contributed by atoms with E-state index < -0.39 is 10.0 Å². The molecule has 0 N–H and O–H groups in total. The Labute approximate surface area is 176 Å². The first-order valence-electron chi connectivity index (χ1n) is 10.4. The summed E-state index contributed by atoms with van der Waals surface area (Å²) in [5.74, 6) is 1.42. The zero-order valence-corrected chi connectivity index (χ0v) is 17.5. The van der Waals surface area contributed by atoms with Crippen LogP contribution >= 0.6 is 0 Å². The third kappa shape index (κ3) is 3.61. The largest absolute Gasteiger partial charge is 0.463 e. The second kappa shape index (κ2) is 7.85. The summed E-state index contributed by atoms with van der Waals surface area (Å²) < 4.78 is 33.2. The monoisotopic (exact) mass is 424 g/mol. The standard InChI is InChI=1S/C22H24N4O3S/c27-30(28,19-8-7-17-4-1-2-5-18(17)16-19)26-13-11-25(12-14-26)22-10-9-20(23-24-22)21-6-3-15-29-21/h3,6-10,15-16H,1-2,4-5,11-14H2. The number of anilines is 1. The van der Waals surface area contributed by atoms with Crippen LogP contribution < -0.4 is 4.90 Å². The maximum absolute atomic E-state index is 13.2. The highest BCUT2D eigenvalue weighted by molar-refractivity contribution is 7.89. The molecule has 156 valence electrons. The highest BCUT2D eigenvalue weighted by Gasteiger charge is 2.29. The van der Waals surface area contributed by atoms with Crippen molar-refractivity contribution in [3.63, 3.8) is 0 Å². The Morgan fingerprint density at radius 1 is 0.867 bits per heavy atom. The first kappa shape index (κ1) is 19.3. The van der Waals surface area contributed by atoms with E-state index in [1.807, 2.05) is 36.4 Å².